The predicted octanol–water partition coefficient (Wildman–Crippen LogP) is 1.93. The first kappa shape index (κ1) is 12.5. The Balaban J connectivity index is 2.23. The average Bonchev–Trinajstić information content (AvgIpc) is 2.28. The highest BCUT2D eigenvalue weighted by Gasteiger charge is 1.96. The molecular formula is C12H18N2O2. The predicted molar refractivity (Wildman–Crippen MR) is 63.8 cm³/mol. The summed E-state index contributed by atoms with van der Waals surface area (Å²) in [5, 5.41) is 7.05. The summed E-state index contributed by atoms with van der Waals surface area (Å²) in [5.74, 6) is 1.05. The van der Waals surface area contributed by atoms with Crippen LogP contribution in [0.25, 0.3) is 0 Å². The number of rotatable bonds is 7. The second-order valence-corrected chi connectivity index (χ2v) is 3.53. The lowest BCUT2D eigenvalue weighted by Crippen LogP contribution is -2.10. The fraction of sp³-hybridized carbons (Fsp3) is 0.417. The maximum Gasteiger partial charge on any atom is 0.119 e. The van der Waals surface area contributed by atoms with Crippen LogP contribution in [-0.2, 0) is 11.3 Å². The molecule has 0 saturated carbocycles. The van der Waals surface area contributed by atoms with E-state index in [9.17, 15) is 0 Å². The number of benzene rings is 1. The van der Waals surface area contributed by atoms with Crippen molar-refractivity contribution in [3.05, 3.63) is 29.8 Å². The quantitative estimate of drug-likeness (QED) is 0.421. The number of hydrogen-bond donors (Lipinski definition) is 2. The zero-order valence-corrected chi connectivity index (χ0v) is 9.53. The molecule has 16 heavy (non-hydrogen) atoms. The number of ether oxygens (including phenoxy) is 2. The Hall–Kier alpha value is -1.55. The number of hydrogen-bond acceptors (Lipinski definition) is 3. The summed E-state index contributed by atoms with van der Waals surface area (Å²) in [7, 11) is 1.65. The molecule has 0 aliphatic heterocycles. The Morgan fingerprint density at radius 1 is 1.44 bits per heavy atom. The lowest BCUT2D eigenvalue weighted by molar-refractivity contribution is 0.119. The molecule has 0 unspecified atom stereocenters. The molecule has 0 fully saturated rings. The number of amidine groups is 1. The molecule has 1 rings (SSSR count). The molecule has 0 heterocycles. The second-order valence-electron chi connectivity index (χ2n) is 3.53. The smallest absolute Gasteiger partial charge is 0.119 e. The van der Waals surface area contributed by atoms with E-state index in [1.165, 1.54) is 0 Å². The fourth-order valence-corrected chi connectivity index (χ4v) is 1.32. The van der Waals surface area contributed by atoms with Crippen molar-refractivity contribution in [3.8, 4) is 5.75 Å². The van der Waals surface area contributed by atoms with Crippen LogP contribution in [0.15, 0.2) is 24.3 Å². The van der Waals surface area contributed by atoms with E-state index in [4.69, 9.17) is 20.6 Å². The largest absolute Gasteiger partial charge is 0.497 e. The van der Waals surface area contributed by atoms with Gasteiger partial charge in [-0.3, -0.25) is 5.41 Å². The van der Waals surface area contributed by atoms with Crippen LogP contribution in [0, 0.1) is 5.41 Å². The first-order valence-electron chi connectivity index (χ1n) is 5.26. The van der Waals surface area contributed by atoms with Crippen molar-refractivity contribution < 1.29 is 9.47 Å². The summed E-state index contributed by atoms with van der Waals surface area (Å²) in [6, 6.07) is 7.78. The van der Waals surface area contributed by atoms with E-state index in [0.717, 1.165) is 17.7 Å². The molecule has 1 aromatic carbocycles. The van der Waals surface area contributed by atoms with Crippen LogP contribution in [-0.4, -0.2) is 19.6 Å². The molecule has 0 spiro atoms. The molecule has 0 radical (unpaired) electrons. The van der Waals surface area contributed by atoms with E-state index < -0.39 is 0 Å². The molecule has 0 saturated heterocycles. The van der Waals surface area contributed by atoms with Crippen LogP contribution in [0.1, 0.15) is 18.4 Å². The molecule has 0 aliphatic carbocycles. The van der Waals surface area contributed by atoms with Crippen LogP contribution < -0.4 is 10.5 Å². The van der Waals surface area contributed by atoms with E-state index in [-0.39, 0.29) is 5.84 Å². The van der Waals surface area contributed by atoms with Gasteiger partial charge in [0.2, 0.25) is 0 Å². The van der Waals surface area contributed by atoms with Gasteiger partial charge < -0.3 is 15.2 Å². The molecule has 1 aromatic rings. The summed E-state index contributed by atoms with van der Waals surface area (Å²) in [5.41, 5.74) is 6.32. The first-order valence-corrected chi connectivity index (χ1v) is 5.26. The number of methoxy groups -OCH3 is 1. The van der Waals surface area contributed by atoms with Gasteiger partial charge in [-0.15, -0.1) is 0 Å². The molecule has 0 bridgehead atoms. The fourth-order valence-electron chi connectivity index (χ4n) is 1.32. The minimum absolute atomic E-state index is 0.213. The lowest BCUT2D eigenvalue weighted by Gasteiger charge is -2.05. The van der Waals surface area contributed by atoms with Gasteiger partial charge in [-0.2, -0.15) is 0 Å². The minimum atomic E-state index is 0.213. The van der Waals surface area contributed by atoms with Gasteiger partial charge in [0, 0.05) is 13.0 Å². The normalized spacial score (nSPS) is 10.1. The van der Waals surface area contributed by atoms with Crippen LogP contribution in [0.3, 0.4) is 0 Å². The molecule has 88 valence electrons. The third-order valence-corrected chi connectivity index (χ3v) is 2.14. The van der Waals surface area contributed by atoms with Crippen molar-refractivity contribution in [1.82, 2.24) is 0 Å². The van der Waals surface area contributed by atoms with Crippen molar-refractivity contribution >= 4 is 5.84 Å². The summed E-state index contributed by atoms with van der Waals surface area (Å²) < 4.78 is 10.6. The third kappa shape index (κ3) is 4.79. The Morgan fingerprint density at radius 2 is 2.25 bits per heavy atom. The molecule has 0 amide bonds. The summed E-state index contributed by atoms with van der Waals surface area (Å²) >= 11 is 0. The topological polar surface area (TPSA) is 68.3 Å². The van der Waals surface area contributed by atoms with Crippen molar-refractivity contribution in [2.45, 2.75) is 19.4 Å². The molecule has 3 N–H and O–H groups in total. The van der Waals surface area contributed by atoms with Crippen LogP contribution in [0.2, 0.25) is 0 Å². The van der Waals surface area contributed by atoms with Crippen molar-refractivity contribution in [3.63, 3.8) is 0 Å². The zero-order valence-electron chi connectivity index (χ0n) is 9.53. The first-order chi connectivity index (χ1) is 7.72. The van der Waals surface area contributed by atoms with E-state index in [1.807, 2.05) is 24.3 Å². The standard InChI is InChI=1S/C12H18N2O2/c1-15-11-5-2-4-10(8-11)9-16-7-3-6-12(13)14/h2,4-5,8H,3,6-7,9H2,1H3,(H3,13,14). The van der Waals surface area contributed by atoms with Crippen molar-refractivity contribution in [2.24, 2.45) is 5.73 Å². The van der Waals surface area contributed by atoms with E-state index in [2.05, 4.69) is 0 Å². The number of nitrogens with two attached hydrogens (primary N) is 1. The van der Waals surface area contributed by atoms with Gasteiger partial charge in [-0.05, 0) is 24.1 Å². The molecule has 4 heteroatoms. The maximum absolute atomic E-state index is 7.05. The van der Waals surface area contributed by atoms with Gasteiger partial charge in [-0.25, -0.2) is 0 Å². The Kier molecular flexibility index (Phi) is 5.36. The molecular weight excluding hydrogens is 204 g/mol. The SMILES string of the molecule is COc1cccc(COCCCC(=N)N)c1. The highest BCUT2D eigenvalue weighted by Crippen LogP contribution is 2.13. The van der Waals surface area contributed by atoms with Gasteiger partial charge >= 0.3 is 0 Å². The van der Waals surface area contributed by atoms with Gasteiger partial charge in [0.05, 0.1) is 19.6 Å². The lowest BCUT2D eigenvalue weighted by atomic mass is 10.2. The van der Waals surface area contributed by atoms with Crippen LogP contribution in [0.4, 0.5) is 0 Å². The molecule has 0 atom stereocenters. The highest BCUT2D eigenvalue weighted by molar-refractivity contribution is 5.76. The van der Waals surface area contributed by atoms with Gasteiger partial charge in [0.1, 0.15) is 5.75 Å². The van der Waals surface area contributed by atoms with E-state index >= 15 is 0 Å². The third-order valence-electron chi connectivity index (χ3n) is 2.14. The van der Waals surface area contributed by atoms with Crippen LogP contribution in [0.5, 0.6) is 5.75 Å². The number of nitrogens with one attached hydrogen (secondary N) is 1. The summed E-state index contributed by atoms with van der Waals surface area (Å²) in [6.07, 6.45) is 1.39. The zero-order chi connectivity index (χ0) is 11.8. The second kappa shape index (κ2) is 6.85. The Labute approximate surface area is 95.9 Å². The molecule has 0 aliphatic rings. The maximum atomic E-state index is 7.05. The molecule has 4 nitrogen and oxygen atoms in total. The summed E-state index contributed by atoms with van der Waals surface area (Å²) in [6.45, 7) is 1.19. The summed E-state index contributed by atoms with van der Waals surface area (Å²) in [4.78, 5) is 0. The monoisotopic (exact) mass is 222 g/mol. The highest BCUT2D eigenvalue weighted by atomic mass is 16.5. The average molecular weight is 222 g/mol. The van der Waals surface area contributed by atoms with Gasteiger partial charge in [0.15, 0.2) is 0 Å². The van der Waals surface area contributed by atoms with Crippen LogP contribution >= 0.6 is 0 Å². The van der Waals surface area contributed by atoms with Gasteiger partial charge in [0.25, 0.3) is 0 Å². The Morgan fingerprint density at radius 3 is 2.94 bits per heavy atom. The Bertz CT molecular complexity index is 340. The molecule has 0 aromatic heterocycles. The van der Waals surface area contributed by atoms with Crippen molar-refractivity contribution in [1.29, 1.82) is 5.41 Å². The van der Waals surface area contributed by atoms with Crippen molar-refractivity contribution in [2.75, 3.05) is 13.7 Å². The minimum Gasteiger partial charge on any atom is -0.497 e. The van der Waals surface area contributed by atoms with Gasteiger partial charge in [-0.1, -0.05) is 12.1 Å². The van der Waals surface area contributed by atoms with E-state index in [1.54, 1.807) is 7.11 Å². The van der Waals surface area contributed by atoms with E-state index in [0.29, 0.717) is 19.6 Å².